The average molecular weight is 348 g/mol. The standard InChI is InChI=1S/C21H24N4O/c22-13-17-7-8-19-15-25(16-20(19)12-17)11-4-2-1-3-10-24-21(26)18-6-5-9-23-14-18/h5-9,12,14H,1-4,10-11,15-16H2,(H,24,26). The van der Waals surface area contributed by atoms with Crippen molar-refractivity contribution in [2.24, 2.45) is 0 Å². The number of nitrogens with one attached hydrogen (secondary N) is 1. The Labute approximate surface area is 154 Å². The molecule has 134 valence electrons. The predicted octanol–water partition coefficient (Wildman–Crippen LogP) is 3.26. The molecule has 0 spiro atoms. The van der Waals surface area contributed by atoms with E-state index in [0.717, 1.165) is 44.5 Å². The molecule has 5 heteroatoms. The fourth-order valence-electron chi connectivity index (χ4n) is 3.31. The van der Waals surface area contributed by atoms with E-state index in [4.69, 9.17) is 5.26 Å². The summed E-state index contributed by atoms with van der Waals surface area (Å²) in [6, 6.07) is 11.8. The molecule has 1 aromatic carbocycles. The van der Waals surface area contributed by atoms with Crippen molar-refractivity contribution in [3.63, 3.8) is 0 Å². The molecular formula is C21H24N4O. The fraction of sp³-hybridized carbons (Fsp3) is 0.381. The van der Waals surface area contributed by atoms with E-state index in [2.05, 4.69) is 27.3 Å². The van der Waals surface area contributed by atoms with Gasteiger partial charge in [0.1, 0.15) is 0 Å². The molecule has 0 aliphatic carbocycles. The maximum atomic E-state index is 11.9. The molecule has 0 atom stereocenters. The molecule has 1 amide bonds. The zero-order valence-corrected chi connectivity index (χ0v) is 14.9. The Morgan fingerprint density at radius 1 is 1.15 bits per heavy atom. The Kier molecular flexibility index (Phi) is 6.34. The van der Waals surface area contributed by atoms with Crippen molar-refractivity contribution in [3.05, 3.63) is 65.0 Å². The van der Waals surface area contributed by atoms with E-state index in [1.165, 1.54) is 17.5 Å². The number of rotatable bonds is 8. The molecule has 1 aliphatic heterocycles. The van der Waals surface area contributed by atoms with Crippen LogP contribution in [0.25, 0.3) is 0 Å². The molecule has 0 saturated carbocycles. The van der Waals surface area contributed by atoms with Crippen molar-refractivity contribution >= 4 is 5.91 Å². The largest absolute Gasteiger partial charge is 0.352 e. The molecule has 0 unspecified atom stereocenters. The zero-order valence-electron chi connectivity index (χ0n) is 14.9. The van der Waals surface area contributed by atoms with Crippen LogP contribution in [0.2, 0.25) is 0 Å². The third kappa shape index (κ3) is 4.90. The first-order valence-electron chi connectivity index (χ1n) is 9.19. The number of pyridine rings is 1. The van der Waals surface area contributed by atoms with E-state index < -0.39 is 0 Å². The Morgan fingerprint density at radius 2 is 2.00 bits per heavy atom. The normalized spacial score (nSPS) is 13.2. The number of hydrogen-bond acceptors (Lipinski definition) is 4. The number of aromatic nitrogens is 1. The Hall–Kier alpha value is -2.71. The summed E-state index contributed by atoms with van der Waals surface area (Å²) in [7, 11) is 0. The quantitative estimate of drug-likeness (QED) is 0.744. The number of nitrogens with zero attached hydrogens (tertiary/aromatic N) is 3. The predicted molar refractivity (Wildman–Crippen MR) is 100 cm³/mol. The molecule has 0 fully saturated rings. The van der Waals surface area contributed by atoms with Crippen molar-refractivity contribution in [3.8, 4) is 6.07 Å². The monoisotopic (exact) mass is 348 g/mol. The summed E-state index contributed by atoms with van der Waals surface area (Å²) in [6.07, 6.45) is 7.69. The van der Waals surface area contributed by atoms with E-state index in [0.29, 0.717) is 12.1 Å². The molecule has 1 aromatic heterocycles. The number of carbonyl (C=O) groups is 1. The lowest BCUT2D eigenvalue weighted by molar-refractivity contribution is 0.0952. The average Bonchev–Trinajstić information content (AvgIpc) is 3.09. The minimum absolute atomic E-state index is 0.0512. The number of hydrogen-bond donors (Lipinski definition) is 1. The Morgan fingerprint density at radius 3 is 2.81 bits per heavy atom. The number of nitriles is 1. The molecular weight excluding hydrogens is 324 g/mol. The van der Waals surface area contributed by atoms with Crippen molar-refractivity contribution in [1.82, 2.24) is 15.2 Å². The Bertz CT molecular complexity index is 782. The number of carbonyl (C=O) groups excluding carboxylic acids is 1. The smallest absolute Gasteiger partial charge is 0.252 e. The topological polar surface area (TPSA) is 69.0 Å². The van der Waals surface area contributed by atoms with Gasteiger partial charge in [0.2, 0.25) is 0 Å². The minimum atomic E-state index is -0.0512. The number of benzene rings is 1. The number of unbranched alkanes of at least 4 members (excludes halogenated alkanes) is 3. The molecule has 5 nitrogen and oxygen atoms in total. The van der Waals surface area contributed by atoms with Gasteiger partial charge in [-0.1, -0.05) is 18.9 Å². The summed E-state index contributed by atoms with van der Waals surface area (Å²) in [5.74, 6) is -0.0512. The summed E-state index contributed by atoms with van der Waals surface area (Å²) in [6.45, 7) is 3.73. The third-order valence-corrected chi connectivity index (χ3v) is 4.73. The highest BCUT2D eigenvalue weighted by Gasteiger charge is 2.18. The highest BCUT2D eigenvalue weighted by atomic mass is 16.1. The van der Waals surface area contributed by atoms with Gasteiger partial charge in [0.15, 0.2) is 0 Å². The summed E-state index contributed by atoms with van der Waals surface area (Å²) >= 11 is 0. The van der Waals surface area contributed by atoms with E-state index in [9.17, 15) is 4.79 Å². The maximum absolute atomic E-state index is 11.9. The molecule has 2 aromatic rings. The van der Waals surface area contributed by atoms with Gasteiger partial charge in [0.05, 0.1) is 17.2 Å². The number of amides is 1. The molecule has 0 radical (unpaired) electrons. The van der Waals surface area contributed by atoms with Crippen LogP contribution in [0.4, 0.5) is 0 Å². The molecule has 26 heavy (non-hydrogen) atoms. The van der Waals surface area contributed by atoms with E-state index in [1.54, 1.807) is 24.5 Å². The van der Waals surface area contributed by atoms with Crippen LogP contribution in [0.1, 0.15) is 52.7 Å². The van der Waals surface area contributed by atoms with Gasteiger partial charge in [0.25, 0.3) is 5.91 Å². The van der Waals surface area contributed by atoms with Crippen LogP contribution in [-0.2, 0) is 13.1 Å². The van der Waals surface area contributed by atoms with Gasteiger partial charge in [-0.05, 0) is 54.8 Å². The van der Waals surface area contributed by atoms with Gasteiger partial charge in [-0.25, -0.2) is 0 Å². The van der Waals surface area contributed by atoms with Gasteiger partial charge in [-0.2, -0.15) is 5.26 Å². The van der Waals surface area contributed by atoms with E-state index in [1.807, 2.05) is 12.1 Å². The SMILES string of the molecule is N#Cc1ccc2c(c1)CN(CCCCCCNC(=O)c1cccnc1)C2. The van der Waals surface area contributed by atoms with E-state index in [-0.39, 0.29) is 5.91 Å². The fourth-order valence-corrected chi connectivity index (χ4v) is 3.31. The van der Waals surface area contributed by atoms with Crippen molar-refractivity contribution in [2.45, 2.75) is 38.8 Å². The summed E-state index contributed by atoms with van der Waals surface area (Å²) in [5.41, 5.74) is 4.00. The minimum Gasteiger partial charge on any atom is -0.352 e. The van der Waals surface area contributed by atoms with Crippen molar-refractivity contribution in [2.75, 3.05) is 13.1 Å². The maximum Gasteiger partial charge on any atom is 0.252 e. The van der Waals surface area contributed by atoms with Gasteiger partial charge in [-0.15, -0.1) is 0 Å². The van der Waals surface area contributed by atoms with Gasteiger partial charge < -0.3 is 5.32 Å². The van der Waals surface area contributed by atoms with Crippen LogP contribution < -0.4 is 5.32 Å². The first kappa shape index (κ1) is 18.1. The second-order valence-corrected chi connectivity index (χ2v) is 6.72. The van der Waals surface area contributed by atoms with Crippen LogP contribution >= 0.6 is 0 Å². The lowest BCUT2D eigenvalue weighted by Crippen LogP contribution is -2.24. The van der Waals surface area contributed by atoms with Crippen LogP contribution in [0.15, 0.2) is 42.7 Å². The highest BCUT2D eigenvalue weighted by molar-refractivity contribution is 5.93. The molecule has 3 rings (SSSR count). The third-order valence-electron chi connectivity index (χ3n) is 4.73. The Balaban J connectivity index is 1.26. The first-order valence-corrected chi connectivity index (χ1v) is 9.19. The second-order valence-electron chi connectivity index (χ2n) is 6.72. The summed E-state index contributed by atoms with van der Waals surface area (Å²) < 4.78 is 0. The van der Waals surface area contributed by atoms with E-state index >= 15 is 0 Å². The van der Waals surface area contributed by atoms with Crippen LogP contribution in [0.3, 0.4) is 0 Å². The molecule has 0 saturated heterocycles. The van der Waals surface area contributed by atoms with Gasteiger partial charge >= 0.3 is 0 Å². The van der Waals surface area contributed by atoms with Crippen molar-refractivity contribution < 1.29 is 4.79 Å². The second kappa shape index (κ2) is 9.12. The zero-order chi connectivity index (χ0) is 18.2. The highest BCUT2D eigenvalue weighted by Crippen LogP contribution is 2.24. The van der Waals surface area contributed by atoms with Gasteiger partial charge in [-0.3, -0.25) is 14.7 Å². The first-order chi connectivity index (χ1) is 12.8. The van der Waals surface area contributed by atoms with Crippen LogP contribution in [0.5, 0.6) is 0 Å². The summed E-state index contributed by atoms with van der Waals surface area (Å²) in [5, 5.41) is 11.9. The van der Waals surface area contributed by atoms with Crippen LogP contribution in [0, 0.1) is 11.3 Å². The van der Waals surface area contributed by atoms with Crippen LogP contribution in [-0.4, -0.2) is 28.9 Å². The molecule has 1 N–H and O–H groups in total. The molecule has 2 heterocycles. The summed E-state index contributed by atoms with van der Waals surface area (Å²) in [4.78, 5) is 18.3. The molecule has 1 aliphatic rings. The lowest BCUT2D eigenvalue weighted by Gasteiger charge is -2.14. The van der Waals surface area contributed by atoms with Gasteiger partial charge in [0, 0.05) is 32.0 Å². The molecule has 0 bridgehead atoms. The lowest BCUT2D eigenvalue weighted by atomic mass is 10.1. The number of fused-ring (bicyclic) bond motifs is 1. The van der Waals surface area contributed by atoms with Crippen molar-refractivity contribution in [1.29, 1.82) is 5.26 Å².